The topological polar surface area (TPSA) is 91.6 Å². The van der Waals surface area contributed by atoms with Crippen LogP contribution < -0.4 is 0 Å². The molecule has 0 saturated carbocycles. The van der Waals surface area contributed by atoms with E-state index in [1.165, 1.54) is 11.9 Å². The Labute approximate surface area is 116 Å². The van der Waals surface area contributed by atoms with Gasteiger partial charge in [-0.3, -0.25) is 4.79 Å². The van der Waals surface area contributed by atoms with Crippen LogP contribution in [0.2, 0.25) is 0 Å². The second-order valence-corrected chi connectivity index (χ2v) is 4.54. The van der Waals surface area contributed by atoms with Crippen molar-refractivity contribution in [1.82, 2.24) is 24.6 Å². The first-order valence-corrected chi connectivity index (χ1v) is 5.91. The maximum Gasteiger partial charge on any atom is 0.451 e. The van der Waals surface area contributed by atoms with Crippen molar-refractivity contribution in [2.75, 3.05) is 20.1 Å². The van der Waals surface area contributed by atoms with Gasteiger partial charge in [0, 0.05) is 20.1 Å². The van der Waals surface area contributed by atoms with Gasteiger partial charge in [-0.15, -0.1) is 10.2 Å². The molecular formula is C10H12F3N5O3. The summed E-state index contributed by atoms with van der Waals surface area (Å²) in [4.78, 5) is 24.7. The number of aromatic nitrogens is 3. The summed E-state index contributed by atoms with van der Waals surface area (Å²) in [6.45, 7) is -0.706. The van der Waals surface area contributed by atoms with Crippen molar-refractivity contribution in [3.63, 3.8) is 0 Å². The highest BCUT2D eigenvalue weighted by Crippen LogP contribution is 2.29. The average molecular weight is 307 g/mol. The number of amides is 2. The van der Waals surface area contributed by atoms with E-state index in [4.69, 9.17) is 5.11 Å². The number of likely N-dealkylation sites (N-methyl/N-ethyl adjacent to an activating group) is 1. The third kappa shape index (κ3) is 3.06. The van der Waals surface area contributed by atoms with E-state index in [1.54, 1.807) is 0 Å². The summed E-state index contributed by atoms with van der Waals surface area (Å²) in [5.41, 5.74) is 0. The van der Waals surface area contributed by atoms with Crippen LogP contribution in [0.3, 0.4) is 0 Å². The van der Waals surface area contributed by atoms with Crippen LogP contribution in [-0.2, 0) is 24.1 Å². The van der Waals surface area contributed by atoms with Gasteiger partial charge in [0.15, 0.2) is 5.82 Å². The lowest BCUT2D eigenvalue weighted by Crippen LogP contribution is -2.46. The molecule has 116 valence electrons. The molecule has 1 aliphatic heterocycles. The lowest BCUT2D eigenvalue weighted by Gasteiger charge is -2.31. The number of rotatable bonds is 2. The van der Waals surface area contributed by atoms with Crippen LogP contribution in [0.4, 0.5) is 18.0 Å². The van der Waals surface area contributed by atoms with Gasteiger partial charge in [-0.1, -0.05) is 0 Å². The SMILES string of the molecule is CN(CC(=O)O)C(=O)N1CCn2c(nnc2C(F)(F)F)C1. The Kier molecular flexibility index (Phi) is 3.75. The van der Waals surface area contributed by atoms with E-state index in [-0.39, 0.29) is 25.5 Å². The fourth-order valence-electron chi connectivity index (χ4n) is 2.04. The van der Waals surface area contributed by atoms with Crippen molar-refractivity contribution in [2.24, 2.45) is 0 Å². The van der Waals surface area contributed by atoms with Gasteiger partial charge in [0.05, 0.1) is 6.54 Å². The summed E-state index contributed by atoms with van der Waals surface area (Å²) in [6.07, 6.45) is -4.60. The zero-order chi connectivity index (χ0) is 15.8. The molecular weight excluding hydrogens is 295 g/mol. The van der Waals surface area contributed by atoms with E-state index in [0.29, 0.717) is 0 Å². The Hall–Kier alpha value is -2.33. The number of hydrogen-bond acceptors (Lipinski definition) is 4. The third-order valence-electron chi connectivity index (χ3n) is 2.98. The number of alkyl halides is 3. The van der Waals surface area contributed by atoms with Crippen molar-refractivity contribution in [3.8, 4) is 0 Å². The van der Waals surface area contributed by atoms with Gasteiger partial charge in [-0.2, -0.15) is 13.2 Å². The molecule has 2 rings (SSSR count). The molecule has 2 heterocycles. The van der Waals surface area contributed by atoms with Crippen LogP contribution in [0, 0.1) is 0 Å². The molecule has 0 fully saturated rings. The van der Waals surface area contributed by atoms with Gasteiger partial charge in [-0.25, -0.2) is 4.79 Å². The molecule has 0 bridgehead atoms. The number of carboxylic acid groups (broad SMARTS) is 1. The standard InChI is InChI=1S/C10H12F3N5O3/c1-16(5-7(19)20)9(21)17-2-3-18-6(4-17)14-15-8(18)10(11,12)13/h2-5H2,1H3,(H,19,20). The van der Waals surface area contributed by atoms with Crippen LogP contribution in [0.25, 0.3) is 0 Å². The summed E-state index contributed by atoms with van der Waals surface area (Å²) < 4.78 is 38.9. The van der Waals surface area contributed by atoms with Crippen molar-refractivity contribution >= 4 is 12.0 Å². The predicted molar refractivity (Wildman–Crippen MR) is 61.1 cm³/mol. The molecule has 1 N–H and O–H groups in total. The Morgan fingerprint density at radius 3 is 2.57 bits per heavy atom. The number of fused-ring (bicyclic) bond motifs is 1. The van der Waals surface area contributed by atoms with Crippen molar-refractivity contribution in [1.29, 1.82) is 0 Å². The van der Waals surface area contributed by atoms with Crippen molar-refractivity contribution in [2.45, 2.75) is 19.3 Å². The minimum atomic E-state index is -4.60. The highest BCUT2D eigenvalue weighted by molar-refractivity contribution is 5.79. The molecule has 0 radical (unpaired) electrons. The Morgan fingerprint density at radius 1 is 1.33 bits per heavy atom. The monoisotopic (exact) mass is 307 g/mol. The van der Waals surface area contributed by atoms with E-state index >= 15 is 0 Å². The van der Waals surface area contributed by atoms with E-state index in [0.717, 1.165) is 9.47 Å². The number of carbonyl (C=O) groups is 2. The molecule has 0 aromatic carbocycles. The molecule has 0 saturated heterocycles. The summed E-state index contributed by atoms with van der Waals surface area (Å²) in [5.74, 6) is -2.25. The smallest absolute Gasteiger partial charge is 0.451 e. The lowest BCUT2D eigenvalue weighted by atomic mass is 10.3. The molecule has 2 amide bonds. The number of hydrogen-bond donors (Lipinski definition) is 1. The summed E-state index contributed by atoms with van der Waals surface area (Å²) in [7, 11) is 1.30. The number of carbonyl (C=O) groups excluding carboxylic acids is 1. The van der Waals surface area contributed by atoms with E-state index < -0.39 is 30.5 Å². The lowest BCUT2D eigenvalue weighted by molar-refractivity contribution is -0.148. The summed E-state index contributed by atoms with van der Waals surface area (Å²) in [5, 5.41) is 15.2. The van der Waals surface area contributed by atoms with Crippen LogP contribution in [-0.4, -0.2) is 61.8 Å². The number of carboxylic acids is 1. The van der Waals surface area contributed by atoms with Crippen LogP contribution >= 0.6 is 0 Å². The van der Waals surface area contributed by atoms with Gasteiger partial charge in [0.1, 0.15) is 6.54 Å². The van der Waals surface area contributed by atoms with Crippen LogP contribution in [0.1, 0.15) is 11.6 Å². The van der Waals surface area contributed by atoms with E-state index in [1.807, 2.05) is 0 Å². The first-order valence-electron chi connectivity index (χ1n) is 5.91. The molecule has 1 aromatic rings. The van der Waals surface area contributed by atoms with E-state index in [2.05, 4.69) is 10.2 Å². The maximum absolute atomic E-state index is 12.7. The third-order valence-corrected chi connectivity index (χ3v) is 2.98. The number of urea groups is 1. The largest absolute Gasteiger partial charge is 0.480 e. The molecule has 21 heavy (non-hydrogen) atoms. The molecule has 0 aliphatic carbocycles. The van der Waals surface area contributed by atoms with Crippen LogP contribution in [0.15, 0.2) is 0 Å². The normalized spacial score (nSPS) is 14.8. The highest BCUT2D eigenvalue weighted by atomic mass is 19.4. The molecule has 8 nitrogen and oxygen atoms in total. The van der Waals surface area contributed by atoms with Crippen molar-refractivity contribution < 1.29 is 27.9 Å². The summed E-state index contributed by atoms with van der Waals surface area (Å²) >= 11 is 0. The molecule has 0 atom stereocenters. The number of aliphatic carboxylic acids is 1. The summed E-state index contributed by atoms with van der Waals surface area (Å²) in [6, 6.07) is -0.583. The van der Waals surface area contributed by atoms with Gasteiger partial charge < -0.3 is 19.5 Å². The van der Waals surface area contributed by atoms with Gasteiger partial charge in [0.2, 0.25) is 5.82 Å². The molecule has 0 spiro atoms. The molecule has 1 aromatic heterocycles. The molecule has 1 aliphatic rings. The van der Waals surface area contributed by atoms with Crippen molar-refractivity contribution in [3.05, 3.63) is 11.6 Å². The first-order chi connectivity index (χ1) is 9.70. The fourth-order valence-corrected chi connectivity index (χ4v) is 2.04. The highest BCUT2D eigenvalue weighted by Gasteiger charge is 2.40. The quantitative estimate of drug-likeness (QED) is 0.845. The number of nitrogens with zero attached hydrogens (tertiary/aromatic N) is 5. The minimum absolute atomic E-state index is 0.0191. The average Bonchev–Trinajstić information content (AvgIpc) is 2.79. The van der Waals surface area contributed by atoms with E-state index in [9.17, 15) is 22.8 Å². The number of halogens is 3. The van der Waals surface area contributed by atoms with Crippen LogP contribution in [0.5, 0.6) is 0 Å². The molecule has 11 heteroatoms. The maximum atomic E-state index is 12.7. The second-order valence-electron chi connectivity index (χ2n) is 4.54. The predicted octanol–water partition coefficient (Wildman–Crippen LogP) is 0.249. The minimum Gasteiger partial charge on any atom is -0.480 e. The van der Waals surface area contributed by atoms with Gasteiger partial charge in [0.25, 0.3) is 0 Å². The van der Waals surface area contributed by atoms with Gasteiger partial charge >= 0.3 is 18.2 Å². The zero-order valence-electron chi connectivity index (χ0n) is 11.0. The second kappa shape index (κ2) is 5.22. The van der Waals surface area contributed by atoms with Gasteiger partial charge in [-0.05, 0) is 0 Å². The Bertz CT molecular complexity index is 571. The fraction of sp³-hybridized carbons (Fsp3) is 0.600. The zero-order valence-corrected chi connectivity index (χ0v) is 11.0. The first kappa shape index (κ1) is 15.1. The Balaban J connectivity index is 2.12. The molecule has 0 unspecified atom stereocenters. The Morgan fingerprint density at radius 2 is 2.00 bits per heavy atom.